The van der Waals surface area contributed by atoms with Crippen LogP contribution in [0.5, 0.6) is 0 Å². The highest BCUT2D eigenvalue weighted by atomic mass is 32.2. The molecule has 9 nitrogen and oxygen atoms in total. The zero-order valence-electron chi connectivity index (χ0n) is 18.8. The minimum Gasteiger partial charge on any atom is -0.364 e. The predicted octanol–water partition coefficient (Wildman–Crippen LogP) is 3.28. The summed E-state index contributed by atoms with van der Waals surface area (Å²) >= 11 is 0.211. The summed E-state index contributed by atoms with van der Waals surface area (Å²) in [5, 5.41) is 17.4. The Morgan fingerprint density at radius 3 is 2.50 bits per heavy atom. The van der Waals surface area contributed by atoms with E-state index in [0.29, 0.717) is 25.9 Å². The second kappa shape index (κ2) is 8.81. The summed E-state index contributed by atoms with van der Waals surface area (Å²) in [5.41, 5.74) is -0.422. The SMILES string of the molecule is C[C@H]1CN(c2c(F)c(S(=O)(=O)NC3(C)CC3)cn3c(C(=N)SC(=N)C(F)F)ncc23)C[C@H](C)N1.[HH].[HH]. The fourth-order valence-corrected chi connectivity index (χ4v) is 6.20. The standard InChI is InChI=1S/C20H26F3N7O2S2.2H2/c1-10-7-29(8-11(2)27-10)15-12-6-26-19(18(25)33-17(24)16(22)23)30(12)9-13(14(15)21)34(31,32)28-20(3)4-5-20;;/h6,9-11,16,24-25,27-28H,4-5,7-8H2,1-3H3;2*1H/t10-,11-;;/m0../s1. The Morgan fingerprint density at radius 1 is 1.32 bits per heavy atom. The van der Waals surface area contributed by atoms with E-state index in [9.17, 15) is 17.2 Å². The van der Waals surface area contributed by atoms with Gasteiger partial charge in [0.2, 0.25) is 10.0 Å². The number of nitrogens with zero attached hydrogens (tertiary/aromatic N) is 3. The van der Waals surface area contributed by atoms with Crippen molar-refractivity contribution < 1.29 is 24.4 Å². The molecule has 190 valence electrons. The molecular formula is C20H30F3N7O2S2. The molecule has 34 heavy (non-hydrogen) atoms. The van der Waals surface area contributed by atoms with E-state index in [1.54, 1.807) is 11.8 Å². The molecule has 4 rings (SSSR count). The number of pyridine rings is 1. The first-order chi connectivity index (χ1) is 15.8. The van der Waals surface area contributed by atoms with Crippen LogP contribution in [-0.2, 0) is 10.0 Å². The number of aromatic nitrogens is 2. The minimum atomic E-state index is -4.28. The van der Waals surface area contributed by atoms with Gasteiger partial charge in [0.05, 0.1) is 11.7 Å². The first kappa shape index (κ1) is 24.9. The van der Waals surface area contributed by atoms with Crippen LogP contribution in [-0.4, -0.2) is 65.0 Å². The summed E-state index contributed by atoms with van der Waals surface area (Å²) in [6.07, 6.45) is 0.512. The van der Waals surface area contributed by atoms with Crippen molar-refractivity contribution in [3.63, 3.8) is 0 Å². The lowest BCUT2D eigenvalue weighted by Gasteiger charge is -2.38. The van der Waals surface area contributed by atoms with E-state index in [1.165, 1.54) is 10.6 Å². The highest BCUT2D eigenvalue weighted by molar-refractivity contribution is 8.26. The third-order valence-electron chi connectivity index (χ3n) is 5.87. The molecule has 0 aromatic carbocycles. The summed E-state index contributed by atoms with van der Waals surface area (Å²) in [4.78, 5) is 5.23. The monoisotopic (exact) mass is 521 g/mol. The Morgan fingerprint density at radius 2 is 1.94 bits per heavy atom. The van der Waals surface area contributed by atoms with Crippen molar-refractivity contribution >= 4 is 43.1 Å². The first-order valence-corrected chi connectivity index (χ1v) is 13.0. The van der Waals surface area contributed by atoms with E-state index >= 15 is 4.39 Å². The molecule has 2 aliphatic rings. The van der Waals surface area contributed by atoms with Crippen LogP contribution < -0.4 is 14.9 Å². The van der Waals surface area contributed by atoms with Gasteiger partial charge >= 0.3 is 0 Å². The molecule has 0 amide bonds. The number of fused-ring (bicyclic) bond motifs is 1. The number of rotatable bonds is 6. The van der Waals surface area contributed by atoms with Gasteiger partial charge in [-0.3, -0.25) is 15.2 Å². The third kappa shape index (κ3) is 4.81. The van der Waals surface area contributed by atoms with Crippen molar-refractivity contribution in [2.45, 2.75) is 62.6 Å². The molecule has 4 N–H and O–H groups in total. The lowest BCUT2D eigenvalue weighted by Crippen LogP contribution is -2.54. The Kier molecular flexibility index (Phi) is 6.46. The van der Waals surface area contributed by atoms with E-state index in [1.807, 2.05) is 13.8 Å². The van der Waals surface area contributed by atoms with E-state index in [-0.39, 0.29) is 43.7 Å². The molecule has 0 bridgehead atoms. The van der Waals surface area contributed by atoms with Crippen LogP contribution in [0.4, 0.5) is 18.9 Å². The number of piperazine rings is 1. The summed E-state index contributed by atoms with van der Waals surface area (Å²) in [6, 6.07) is -0.00977. The van der Waals surface area contributed by atoms with Gasteiger partial charge in [0, 0.05) is 39.8 Å². The largest absolute Gasteiger partial charge is 0.364 e. The average molecular weight is 522 g/mol. The number of hydrogen-bond acceptors (Lipinski definition) is 8. The zero-order valence-corrected chi connectivity index (χ0v) is 20.5. The summed E-state index contributed by atoms with van der Waals surface area (Å²) in [5.74, 6) is -1.09. The fraction of sp³-hybridized carbons (Fsp3) is 0.550. The topological polar surface area (TPSA) is 126 Å². The number of alkyl halides is 2. The quantitative estimate of drug-likeness (QED) is 0.341. The van der Waals surface area contributed by atoms with Gasteiger partial charge in [-0.25, -0.2) is 31.3 Å². The van der Waals surface area contributed by atoms with Gasteiger partial charge in [0.1, 0.15) is 20.7 Å². The second-order valence-electron chi connectivity index (χ2n) is 9.13. The molecule has 0 radical (unpaired) electrons. The molecule has 2 atom stereocenters. The maximum Gasteiger partial charge on any atom is 0.285 e. The van der Waals surface area contributed by atoms with E-state index in [4.69, 9.17) is 10.8 Å². The summed E-state index contributed by atoms with van der Waals surface area (Å²) < 4.78 is 71.8. The van der Waals surface area contributed by atoms with Crippen LogP contribution in [0, 0.1) is 16.6 Å². The maximum atomic E-state index is 15.9. The lowest BCUT2D eigenvalue weighted by molar-refractivity contribution is 0.228. The summed E-state index contributed by atoms with van der Waals surface area (Å²) in [7, 11) is -4.28. The molecule has 0 unspecified atom stereocenters. The van der Waals surface area contributed by atoms with Crippen molar-refractivity contribution in [2.75, 3.05) is 18.0 Å². The molecule has 2 aromatic heterocycles. The third-order valence-corrected chi connectivity index (χ3v) is 8.28. The van der Waals surface area contributed by atoms with Gasteiger partial charge in [0.15, 0.2) is 11.6 Å². The number of thioether (sulfide) groups is 1. The van der Waals surface area contributed by atoms with Gasteiger partial charge in [-0.15, -0.1) is 0 Å². The van der Waals surface area contributed by atoms with Crippen LogP contribution in [0.1, 0.15) is 42.3 Å². The molecule has 1 aliphatic carbocycles. The highest BCUT2D eigenvalue weighted by Crippen LogP contribution is 2.38. The van der Waals surface area contributed by atoms with Crippen LogP contribution in [0.2, 0.25) is 0 Å². The smallest absolute Gasteiger partial charge is 0.285 e. The molecule has 1 saturated heterocycles. The number of anilines is 1. The molecule has 2 aromatic rings. The van der Waals surface area contributed by atoms with Crippen LogP contribution in [0.15, 0.2) is 17.3 Å². The molecular weight excluding hydrogens is 491 g/mol. The molecule has 1 saturated carbocycles. The van der Waals surface area contributed by atoms with E-state index in [0.717, 1.165) is 6.20 Å². The molecule has 14 heteroatoms. The van der Waals surface area contributed by atoms with E-state index < -0.39 is 42.8 Å². The lowest BCUT2D eigenvalue weighted by atomic mass is 10.1. The normalized spacial score (nSPS) is 22.4. The number of sulfonamides is 1. The Hall–Kier alpha value is -2.16. The fourth-order valence-electron chi connectivity index (χ4n) is 4.10. The zero-order chi connectivity index (χ0) is 25.0. The second-order valence-corrected chi connectivity index (χ2v) is 11.8. The Balaban J connectivity index is 0.00000228. The number of nitrogens with one attached hydrogen (secondary N) is 4. The molecule has 3 heterocycles. The van der Waals surface area contributed by atoms with Gasteiger partial charge in [-0.2, -0.15) is 0 Å². The maximum absolute atomic E-state index is 15.9. The van der Waals surface area contributed by atoms with Crippen LogP contribution in [0.25, 0.3) is 5.52 Å². The average Bonchev–Trinajstić information content (AvgIpc) is 3.27. The van der Waals surface area contributed by atoms with Gasteiger partial charge in [0.25, 0.3) is 6.43 Å². The molecule has 2 fully saturated rings. The van der Waals surface area contributed by atoms with Gasteiger partial charge in [-0.05, 0) is 45.4 Å². The highest BCUT2D eigenvalue weighted by Gasteiger charge is 2.43. The van der Waals surface area contributed by atoms with Crippen LogP contribution >= 0.6 is 11.8 Å². The minimum absolute atomic E-state index is 0. The van der Waals surface area contributed by atoms with Crippen molar-refractivity contribution in [3.05, 3.63) is 24.0 Å². The Labute approximate surface area is 202 Å². The van der Waals surface area contributed by atoms with Crippen molar-refractivity contribution in [1.82, 2.24) is 19.4 Å². The van der Waals surface area contributed by atoms with Gasteiger partial charge < -0.3 is 10.2 Å². The van der Waals surface area contributed by atoms with Gasteiger partial charge in [-0.1, -0.05) is 0 Å². The van der Waals surface area contributed by atoms with E-state index in [2.05, 4.69) is 15.0 Å². The van der Waals surface area contributed by atoms with Crippen molar-refractivity contribution in [3.8, 4) is 0 Å². The predicted molar refractivity (Wildman–Crippen MR) is 130 cm³/mol. The number of imidazole rings is 1. The molecule has 1 aliphatic heterocycles. The number of halogens is 3. The van der Waals surface area contributed by atoms with Crippen molar-refractivity contribution in [1.29, 1.82) is 10.8 Å². The van der Waals surface area contributed by atoms with Crippen molar-refractivity contribution in [2.24, 2.45) is 0 Å². The number of hydrogen-bond donors (Lipinski definition) is 4. The molecule has 0 spiro atoms. The Bertz CT molecular complexity index is 1260. The van der Waals surface area contributed by atoms with Crippen LogP contribution in [0.3, 0.4) is 0 Å². The summed E-state index contributed by atoms with van der Waals surface area (Å²) in [6.45, 7) is 6.38. The first-order valence-electron chi connectivity index (χ1n) is 10.7.